The second-order valence-corrected chi connectivity index (χ2v) is 6.25. The van der Waals surface area contributed by atoms with E-state index in [0.29, 0.717) is 0 Å². The van der Waals surface area contributed by atoms with Gasteiger partial charge in [-0.25, -0.2) is 4.79 Å². The molecule has 1 saturated carbocycles. The maximum atomic E-state index is 12.4. The second-order valence-electron chi connectivity index (χ2n) is 5.22. The van der Waals surface area contributed by atoms with E-state index in [2.05, 4.69) is 0 Å². The summed E-state index contributed by atoms with van der Waals surface area (Å²) in [6, 6.07) is 3.19. The quantitative estimate of drug-likeness (QED) is 0.635. The van der Waals surface area contributed by atoms with Crippen LogP contribution >= 0.6 is 11.3 Å². The number of carbonyl (C=O) groups is 3. The van der Waals surface area contributed by atoms with E-state index in [1.807, 2.05) is 17.5 Å². The number of thiophene rings is 1. The molecule has 5 nitrogen and oxygen atoms in total. The third-order valence-corrected chi connectivity index (χ3v) is 4.78. The average Bonchev–Trinajstić information content (AvgIpc) is 3.04. The highest BCUT2D eigenvalue weighted by molar-refractivity contribution is 7.09. The van der Waals surface area contributed by atoms with Gasteiger partial charge in [-0.2, -0.15) is 0 Å². The molecule has 4 amide bonds. The molecule has 1 saturated heterocycles. The van der Waals surface area contributed by atoms with Gasteiger partial charge in [-0.15, -0.1) is 11.3 Å². The van der Waals surface area contributed by atoms with E-state index in [4.69, 9.17) is 0 Å². The summed E-state index contributed by atoms with van der Waals surface area (Å²) in [5, 5.41) is 1.89. The van der Waals surface area contributed by atoms with Gasteiger partial charge in [0.25, 0.3) is 0 Å². The molecule has 0 bridgehead atoms. The van der Waals surface area contributed by atoms with Gasteiger partial charge in [-0.05, 0) is 24.3 Å². The summed E-state index contributed by atoms with van der Waals surface area (Å²) < 4.78 is 0. The predicted octanol–water partition coefficient (Wildman–Crippen LogP) is 2.37. The summed E-state index contributed by atoms with van der Waals surface area (Å²) >= 11 is 1.48. The molecule has 6 heteroatoms. The predicted molar refractivity (Wildman–Crippen MR) is 74.0 cm³/mol. The molecule has 3 rings (SSSR count). The Morgan fingerprint density at radius 1 is 1.10 bits per heavy atom. The maximum Gasteiger partial charge on any atom is 0.334 e. The van der Waals surface area contributed by atoms with Gasteiger partial charge in [0, 0.05) is 10.9 Å². The Morgan fingerprint density at radius 2 is 1.85 bits per heavy atom. The van der Waals surface area contributed by atoms with Crippen LogP contribution in [-0.2, 0) is 16.1 Å². The second kappa shape index (κ2) is 5.36. The fourth-order valence-electron chi connectivity index (χ4n) is 2.88. The van der Waals surface area contributed by atoms with Crippen molar-refractivity contribution < 1.29 is 14.4 Å². The van der Waals surface area contributed by atoms with E-state index in [-0.39, 0.29) is 12.6 Å². The lowest BCUT2D eigenvalue weighted by Gasteiger charge is -2.28. The van der Waals surface area contributed by atoms with Crippen molar-refractivity contribution in [2.45, 2.75) is 44.7 Å². The number of carbonyl (C=O) groups excluding carboxylic acids is 3. The van der Waals surface area contributed by atoms with Crippen LogP contribution in [0.4, 0.5) is 4.79 Å². The first-order valence-electron chi connectivity index (χ1n) is 6.90. The molecule has 0 unspecified atom stereocenters. The average molecular weight is 292 g/mol. The summed E-state index contributed by atoms with van der Waals surface area (Å²) in [5.41, 5.74) is 0. The van der Waals surface area contributed by atoms with E-state index in [1.165, 1.54) is 16.2 Å². The van der Waals surface area contributed by atoms with Gasteiger partial charge in [0.15, 0.2) is 0 Å². The van der Waals surface area contributed by atoms with Crippen molar-refractivity contribution in [3.05, 3.63) is 22.4 Å². The third-order valence-electron chi connectivity index (χ3n) is 3.92. The van der Waals surface area contributed by atoms with E-state index in [9.17, 15) is 14.4 Å². The minimum absolute atomic E-state index is 0.0963. The molecule has 1 aromatic heterocycles. The molecule has 0 N–H and O–H groups in total. The Bertz CT molecular complexity index is 535. The van der Waals surface area contributed by atoms with Crippen molar-refractivity contribution in [3.63, 3.8) is 0 Å². The van der Waals surface area contributed by atoms with Gasteiger partial charge in [0.2, 0.25) is 0 Å². The number of hydrogen-bond donors (Lipinski definition) is 0. The molecular formula is C14H16N2O3S. The van der Waals surface area contributed by atoms with E-state index in [0.717, 1.165) is 41.9 Å². The van der Waals surface area contributed by atoms with Crippen LogP contribution in [0.5, 0.6) is 0 Å². The molecular weight excluding hydrogens is 276 g/mol. The number of nitrogens with zero attached hydrogens (tertiary/aromatic N) is 2. The standard InChI is InChI=1S/C14H16N2O3S/c17-12-13(18)16(10-5-2-1-3-6-10)14(19)15(12)9-11-7-4-8-20-11/h4,7-8,10H,1-3,5-6,9H2. The highest BCUT2D eigenvalue weighted by atomic mass is 32.1. The first-order valence-corrected chi connectivity index (χ1v) is 7.78. The van der Waals surface area contributed by atoms with Gasteiger partial charge >= 0.3 is 17.8 Å². The van der Waals surface area contributed by atoms with Gasteiger partial charge in [-0.1, -0.05) is 25.3 Å². The topological polar surface area (TPSA) is 57.7 Å². The zero-order chi connectivity index (χ0) is 14.1. The molecule has 20 heavy (non-hydrogen) atoms. The van der Waals surface area contributed by atoms with E-state index >= 15 is 0 Å². The Hall–Kier alpha value is -1.69. The molecule has 1 aromatic rings. The summed E-state index contributed by atoms with van der Waals surface area (Å²) in [7, 11) is 0. The highest BCUT2D eigenvalue weighted by Gasteiger charge is 2.47. The molecule has 0 aromatic carbocycles. The zero-order valence-electron chi connectivity index (χ0n) is 11.1. The van der Waals surface area contributed by atoms with Crippen LogP contribution in [0.1, 0.15) is 37.0 Å². The molecule has 0 radical (unpaired) electrons. The molecule has 2 fully saturated rings. The first kappa shape index (κ1) is 13.3. The Kier molecular flexibility index (Phi) is 3.56. The monoisotopic (exact) mass is 292 g/mol. The van der Waals surface area contributed by atoms with E-state index < -0.39 is 17.8 Å². The van der Waals surface area contributed by atoms with Gasteiger partial charge < -0.3 is 0 Å². The SMILES string of the molecule is O=C1C(=O)N(C2CCCCC2)C(=O)N1Cc1cccs1. The Balaban J connectivity index is 1.78. The summed E-state index contributed by atoms with van der Waals surface area (Å²) in [5.74, 6) is -1.34. The van der Waals surface area contributed by atoms with Crippen LogP contribution in [0.15, 0.2) is 17.5 Å². The van der Waals surface area contributed by atoms with Crippen molar-refractivity contribution in [2.24, 2.45) is 0 Å². The molecule has 106 valence electrons. The summed E-state index contributed by atoms with van der Waals surface area (Å²) in [6.07, 6.45) is 4.80. The molecule has 0 spiro atoms. The minimum atomic E-state index is -0.686. The minimum Gasteiger partial charge on any atom is -0.263 e. The van der Waals surface area contributed by atoms with Crippen LogP contribution in [-0.4, -0.2) is 33.7 Å². The van der Waals surface area contributed by atoms with Crippen LogP contribution in [0.25, 0.3) is 0 Å². The fraction of sp³-hybridized carbons (Fsp3) is 0.500. The lowest BCUT2D eigenvalue weighted by Crippen LogP contribution is -2.42. The number of imide groups is 2. The number of urea groups is 1. The molecule has 2 heterocycles. The third kappa shape index (κ3) is 2.24. The molecule has 2 aliphatic rings. The fourth-order valence-corrected chi connectivity index (χ4v) is 3.57. The number of rotatable bonds is 3. The van der Waals surface area contributed by atoms with Crippen LogP contribution < -0.4 is 0 Å². The van der Waals surface area contributed by atoms with Gasteiger partial charge in [0.05, 0.1) is 6.54 Å². The normalized spacial score (nSPS) is 21.1. The van der Waals surface area contributed by atoms with Crippen LogP contribution in [0.2, 0.25) is 0 Å². The van der Waals surface area contributed by atoms with Crippen LogP contribution in [0, 0.1) is 0 Å². The smallest absolute Gasteiger partial charge is 0.263 e. The van der Waals surface area contributed by atoms with Gasteiger partial charge in [0.1, 0.15) is 0 Å². The molecule has 1 aliphatic carbocycles. The summed E-state index contributed by atoms with van der Waals surface area (Å²) in [6.45, 7) is 0.199. The Labute approximate surface area is 121 Å². The summed E-state index contributed by atoms with van der Waals surface area (Å²) in [4.78, 5) is 39.6. The lowest BCUT2D eigenvalue weighted by molar-refractivity contribution is -0.144. The van der Waals surface area contributed by atoms with E-state index in [1.54, 1.807) is 0 Å². The number of hydrogen-bond acceptors (Lipinski definition) is 4. The molecule has 0 atom stereocenters. The van der Waals surface area contributed by atoms with Crippen molar-refractivity contribution in [1.82, 2.24) is 9.80 Å². The van der Waals surface area contributed by atoms with Crippen molar-refractivity contribution in [3.8, 4) is 0 Å². The lowest BCUT2D eigenvalue weighted by atomic mass is 9.94. The van der Waals surface area contributed by atoms with Crippen LogP contribution in [0.3, 0.4) is 0 Å². The van der Waals surface area contributed by atoms with Crippen molar-refractivity contribution in [1.29, 1.82) is 0 Å². The number of amides is 4. The zero-order valence-corrected chi connectivity index (χ0v) is 11.9. The van der Waals surface area contributed by atoms with Crippen molar-refractivity contribution >= 4 is 29.2 Å². The van der Waals surface area contributed by atoms with Crippen molar-refractivity contribution in [2.75, 3.05) is 0 Å². The first-order chi connectivity index (χ1) is 9.68. The highest BCUT2D eigenvalue weighted by Crippen LogP contribution is 2.28. The molecule has 1 aliphatic heterocycles. The maximum absolute atomic E-state index is 12.4. The Morgan fingerprint density at radius 3 is 2.50 bits per heavy atom. The largest absolute Gasteiger partial charge is 0.334 e. The van der Waals surface area contributed by atoms with Gasteiger partial charge in [-0.3, -0.25) is 19.4 Å².